The summed E-state index contributed by atoms with van der Waals surface area (Å²) in [6.07, 6.45) is 2.06. The van der Waals surface area contributed by atoms with E-state index in [-0.39, 0.29) is 11.9 Å². The average Bonchev–Trinajstić information content (AvgIpc) is 3.46. The molecule has 2 aromatic heterocycles. The van der Waals surface area contributed by atoms with Gasteiger partial charge in [0.1, 0.15) is 11.4 Å². The zero-order valence-corrected chi connectivity index (χ0v) is 17.6. The maximum absolute atomic E-state index is 13.3. The van der Waals surface area contributed by atoms with Crippen molar-refractivity contribution < 1.29 is 9.53 Å². The third-order valence-corrected chi connectivity index (χ3v) is 7.21. The van der Waals surface area contributed by atoms with Crippen LogP contribution in [0.25, 0.3) is 0 Å². The summed E-state index contributed by atoms with van der Waals surface area (Å²) in [5.41, 5.74) is 3.29. The molecule has 29 heavy (non-hydrogen) atoms. The Morgan fingerprint density at radius 1 is 1.07 bits per heavy atom. The van der Waals surface area contributed by atoms with E-state index in [9.17, 15) is 4.79 Å². The third kappa shape index (κ3) is 3.26. The van der Waals surface area contributed by atoms with E-state index in [1.807, 2.05) is 35.6 Å². The van der Waals surface area contributed by atoms with E-state index in [0.717, 1.165) is 36.6 Å². The van der Waals surface area contributed by atoms with E-state index >= 15 is 0 Å². The Bertz CT molecular complexity index is 1020. The first-order chi connectivity index (χ1) is 14.1. The van der Waals surface area contributed by atoms with Gasteiger partial charge in [-0.25, -0.2) is 0 Å². The van der Waals surface area contributed by atoms with Crippen molar-refractivity contribution in [2.24, 2.45) is 0 Å². The lowest BCUT2D eigenvalue weighted by atomic mass is 10.0. The molecule has 0 unspecified atom stereocenters. The molecular weight excluding hydrogens is 382 g/mol. The van der Waals surface area contributed by atoms with Gasteiger partial charge in [-0.1, -0.05) is 12.1 Å². The van der Waals surface area contributed by atoms with Gasteiger partial charge in [-0.2, -0.15) is 0 Å². The van der Waals surface area contributed by atoms with E-state index in [1.54, 1.807) is 7.11 Å². The fraction of sp³-hybridized carbons (Fsp3) is 0.348. The van der Waals surface area contributed by atoms with Crippen LogP contribution < -0.4 is 4.74 Å². The normalized spacial score (nSPS) is 21.3. The van der Waals surface area contributed by atoms with Gasteiger partial charge in [0.15, 0.2) is 0 Å². The lowest BCUT2D eigenvalue weighted by Gasteiger charge is -2.38. The molecule has 2 aliphatic rings. The summed E-state index contributed by atoms with van der Waals surface area (Å²) in [5, 5.41) is 2.16. The summed E-state index contributed by atoms with van der Waals surface area (Å²) in [6.45, 7) is 5.63. The molecule has 1 amide bonds. The zero-order valence-electron chi connectivity index (χ0n) is 16.7. The molecule has 4 heterocycles. The van der Waals surface area contributed by atoms with Gasteiger partial charge in [-0.05, 0) is 53.8 Å². The van der Waals surface area contributed by atoms with Crippen LogP contribution in [0, 0.1) is 6.92 Å². The lowest BCUT2D eigenvalue weighted by Crippen LogP contribution is -2.49. The highest BCUT2D eigenvalue weighted by atomic mass is 32.1. The van der Waals surface area contributed by atoms with E-state index in [0.29, 0.717) is 12.6 Å². The van der Waals surface area contributed by atoms with Crippen LogP contribution in [0.4, 0.5) is 0 Å². The second-order valence-corrected chi connectivity index (χ2v) is 8.94. The Morgan fingerprint density at radius 2 is 1.86 bits per heavy atom. The van der Waals surface area contributed by atoms with E-state index in [2.05, 4.69) is 51.1 Å². The number of rotatable bonds is 5. The molecule has 3 aromatic rings. The molecule has 0 saturated carbocycles. The fourth-order valence-electron chi connectivity index (χ4n) is 4.60. The van der Waals surface area contributed by atoms with Crippen LogP contribution in [0.3, 0.4) is 0 Å². The van der Waals surface area contributed by atoms with Crippen LogP contribution in [0.1, 0.15) is 32.5 Å². The number of nitrogens with zero attached hydrogens (tertiary/aromatic N) is 3. The molecular formula is C23H25N3O2S. The Labute approximate surface area is 175 Å². The summed E-state index contributed by atoms with van der Waals surface area (Å²) in [6, 6.07) is 14.6. The van der Waals surface area contributed by atoms with Crippen molar-refractivity contribution in [2.75, 3.05) is 20.2 Å². The number of aryl methyl sites for hydroxylation is 1. The predicted molar refractivity (Wildman–Crippen MR) is 114 cm³/mol. The number of aromatic nitrogens is 1. The zero-order chi connectivity index (χ0) is 20.0. The minimum absolute atomic E-state index is 0.126. The van der Waals surface area contributed by atoms with Gasteiger partial charge in [-0.15, -0.1) is 11.3 Å². The number of carbonyl (C=O) groups is 1. The van der Waals surface area contributed by atoms with E-state index in [1.165, 1.54) is 10.4 Å². The van der Waals surface area contributed by atoms with Gasteiger partial charge < -0.3 is 14.2 Å². The van der Waals surface area contributed by atoms with Crippen molar-refractivity contribution >= 4 is 17.2 Å². The number of benzene rings is 1. The number of methoxy groups -OCH3 is 1. The number of ether oxygens (including phenoxy) is 1. The minimum Gasteiger partial charge on any atom is -0.497 e. The second kappa shape index (κ2) is 7.35. The molecule has 5 rings (SSSR count). The van der Waals surface area contributed by atoms with Crippen LogP contribution in [0.5, 0.6) is 5.75 Å². The highest BCUT2D eigenvalue weighted by Crippen LogP contribution is 2.36. The van der Waals surface area contributed by atoms with Crippen LogP contribution in [0.15, 0.2) is 54.0 Å². The van der Waals surface area contributed by atoms with Crippen molar-refractivity contribution in [3.63, 3.8) is 0 Å². The van der Waals surface area contributed by atoms with Crippen molar-refractivity contribution in [3.8, 4) is 5.75 Å². The topological polar surface area (TPSA) is 37.7 Å². The Hall–Kier alpha value is -2.57. The number of hydrogen-bond acceptors (Lipinski definition) is 4. The van der Waals surface area contributed by atoms with Gasteiger partial charge in [-0.3, -0.25) is 9.69 Å². The molecule has 2 atom stereocenters. The largest absolute Gasteiger partial charge is 0.497 e. The number of carbonyl (C=O) groups excluding carboxylic acids is 1. The lowest BCUT2D eigenvalue weighted by molar-refractivity contribution is 0.0556. The Kier molecular flexibility index (Phi) is 4.68. The number of thiophene rings is 1. The summed E-state index contributed by atoms with van der Waals surface area (Å²) in [7, 11) is 1.67. The van der Waals surface area contributed by atoms with Crippen molar-refractivity contribution in [1.29, 1.82) is 0 Å². The molecule has 0 N–H and O–H groups in total. The monoisotopic (exact) mass is 407 g/mol. The van der Waals surface area contributed by atoms with Crippen LogP contribution in [-0.4, -0.2) is 46.5 Å². The summed E-state index contributed by atoms with van der Waals surface area (Å²) >= 11 is 1.82. The molecule has 0 radical (unpaired) electrons. The molecule has 1 fully saturated rings. The van der Waals surface area contributed by atoms with Crippen molar-refractivity contribution in [3.05, 3.63) is 75.7 Å². The maximum Gasteiger partial charge on any atom is 0.271 e. The molecule has 5 nitrogen and oxygen atoms in total. The first-order valence-electron chi connectivity index (χ1n) is 10.00. The predicted octanol–water partition coefficient (Wildman–Crippen LogP) is 3.95. The molecule has 0 bridgehead atoms. The summed E-state index contributed by atoms with van der Waals surface area (Å²) in [4.78, 5) is 19.3. The fourth-order valence-corrected chi connectivity index (χ4v) is 5.55. The second-order valence-electron chi connectivity index (χ2n) is 7.94. The standard InChI is InChI=1S/C23H25N3O2S/c1-16-9-11-29-22(16)15-24-13-20-21(14-24)26(23(27)19-4-3-10-25(19)20)12-17-5-7-18(28-2)8-6-17/h3-11,20-21H,12-15H2,1-2H3/t20-,21-/m0/s1. The molecule has 6 heteroatoms. The molecule has 0 aliphatic carbocycles. The first kappa shape index (κ1) is 18.5. The Morgan fingerprint density at radius 3 is 2.59 bits per heavy atom. The van der Waals surface area contributed by atoms with Crippen LogP contribution >= 0.6 is 11.3 Å². The average molecular weight is 408 g/mol. The molecule has 2 aliphatic heterocycles. The summed E-state index contributed by atoms with van der Waals surface area (Å²) in [5.74, 6) is 0.963. The maximum atomic E-state index is 13.3. The van der Waals surface area contributed by atoms with Gasteiger partial charge in [0.2, 0.25) is 0 Å². The number of hydrogen-bond donors (Lipinski definition) is 0. The number of fused-ring (bicyclic) bond motifs is 3. The van der Waals surface area contributed by atoms with E-state index < -0.39 is 0 Å². The van der Waals surface area contributed by atoms with Gasteiger partial charge in [0, 0.05) is 37.3 Å². The Balaban J connectivity index is 1.42. The van der Waals surface area contributed by atoms with Crippen LogP contribution in [-0.2, 0) is 13.1 Å². The number of amides is 1. The van der Waals surface area contributed by atoms with Crippen LogP contribution in [0.2, 0.25) is 0 Å². The highest BCUT2D eigenvalue weighted by Gasteiger charge is 2.44. The molecule has 1 saturated heterocycles. The number of likely N-dealkylation sites (tertiary alicyclic amines) is 1. The SMILES string of the molecule is COc1ccc(CN2C(=O)c3cccn3[C@H]3CN(Cc4sccc4C)C[C@@H]32)cc1. The van der Waals surface area contributed by atoms with Gasteiger partial charge in [0.05, 0.1) is 19.2 Å². The van der Waals surface area contributed by atoms with Crippen molar-refractivity contribution in [2.45, 2.75) is 32.1 Å². The van der Waals surface area contributed by atoms with E-state index in [4.69, 9.17) is 4.74 Å². The van der Waals surface area contributed by atoms with Crippen molar-refractivity contribution in [1.82, 2.24) is 14.4 Å². The van der Waals surface area contributed by atoms with Gasteiger partial charge >= 0.3 is 0 Å². The van der Waals surface area contributed by atoms with Gasteiger partial charge in [0.25, 0.3) is 5.91 Å². The first-order valence-corrected chi connectivity index (χ1v) is 10.9. The summed E-state index contributed by atoms with van der Waals surface area (Å²) < 4.78 is 7.46. The minimum atomic E-state index is 0.126. The molecule has 1 aromatic carbocycles. The smallest absolute Gasteiger partial charge is 0.271 e. The highest BCUT2D eigenvalue weighted by molar-refractivity contribution is 7.10. The quantitative estimate of drug-likeness (QED) is 0.643. The molecule has 150 valence electrons. The molecule has 0 spiro atoms. The third-order valence-electron chi connectivity index (χ3n) is 6.20.